The molecular weight excluding hydrogens is 627 g/mol. The second-order valence-corrected chi connectivity index (χ2v) is 10.0. The van der Waals surface area contributed by atoms with Crippen LogP contribution in [0.2, 0.25) is 0 Å². The number of aromatic nitrogens is 2. The molecule has 0 aliphatic heterocycles. The fourth-order valence-corrected chi connectivity index (χ4v) is 4.65. The summed E-state index contributed by atoms with van der Waals surface area (Å²) in [6.07, 6.45) is 1.58. The zero-order valence-electron chi connectivity index (χ0n) is 24.7. The van der Waals surface area contributed by atoms with E-state index in [0.29, 0.717) is 6.07 Å². The number of primary amides is 1. The number of nitrogens with two attached hydrogens (primary N) is 1. The molecule has 246 valence electrons. The summed E-state index contributed by atoms with van der Waals surface area (Å²) in [6, 6.07) is 7.60. The van der Waals surface area contributed by atoms with Gasteiger partial charge in [0, 0.05) is 29.3 Å². The van der Waals surface area contributed by atoms with Gasteiger partial charge in [-0.2, -0.15) is 0 Å². The number of ether oxygens (including phenoxy) is 2. The maximum absolute atomic E-state index is 14.5. The Labute approximate surface area is 264 Å². The van der Waals surface area contributed by atoms with Crippen molar-refractivity contribution >= 4 is 40.6 Å². The van der Waals surface area contributed by atoms with Crippen LogP contribution in [0.1, 0.15) is 24.1 Å². The molecule has 0 unspecified atom stereocenters. The molecule has 2 aromatic carbocycles. The van der Waals surface area contributed by atoms with E-state index < -0.39 is 59.7 Å². The fraction of sp³-hybridized carbons (Fsp3) is 0.194. The maximum atomic E-state index is 14.5. The van der Waals surface area contributed by atoms with Crippen molar-refractivity contribution in [3.63, 3.8) is 0 Å². The van der Waals surface area contributed by atoms with E-state index in [1.165, 1.54) is 30.5 Å². The van der Waals surface area contributed by atoms with Crippen molar-refractivity contribution in [1.29, 1.82) is 0 Å². The lowest BCUT2D eigenvalue weighted by Gasteiger charge is -2.17. The molecule has 0 fully saturated rings. The molecule has 1 atom stereocenters. The average molecular weight is 656 g/mol. The number of carbonyl (C=O) groups excluding carboxylic acids is 3. The number of halogens is 3. The Bertz CT molecular complexity index is 1940. The predicted octanol–water partition coefficient (Wildman–Crippen LogP) is 3.86. The number of nitrogens with one attached hydrogen (secondary N) is 2. The van der Waals surface area contributed by atoms with E-state index in [2.05, 4.69) is 15.4 Å². The largest absolute Gasteiger partial charge is 0.486 e. The van der Waals surface area contributed by atoms with E-state index in [1.807, 2.05) is 0 Å². The van der Waals surface area contributed by atoms with Gasteiger partial charge in [-0.15, -0.1) is 0 Å². The molecule has 4 rings (SSSR count). The Morgan fingerprint density at radius 2 is 1.83 bits per heavy atom. The molecule has 0 saturated heterocycles. The van der Waals surface area contributed by atoms with Gasteiger partial charge in [-0.3, -0.25) is 14.4 Å². The third-order valence-electron chi connectivity index (χ3n) is 6.80. The Morgan fingerprint density at radius 1 is 1.06 bits per heavy atom. The van der Waals surface area contributed by atoms with E-state index in [9.17, 15) is 42.3 Å². The van der Waals surface area contributed by atoms with Gasteiger partial charge in [0.05, 0.1) is 19.3 Å². The summed E-state index contributed by atoms with van der Waals surface area (Å²) in [6.45, 7) is -0.835. The number of anilines is 1. The zero-order valence-corrected chi connectivity index (χ0v) is 24.7. The number of carboxylic acid groups (broad SMARTS) is 1. The molecule has 0 saturated carbocycles. The van der Waals surface area contributed by atoms with Gasteiger partial charge in [-0.1, -0.05) is 6.08 Å². The van der Waals surface area contributed by atoms with Crippen LogP contribution in [0.4, 0.5) is 28.4 Å². The normalized spacial score (nSPS) is 11.7. The monoisotopic (exact) mass is 655 g/mol. The zero-order chi connectivity index (χ0) is 34.2. The maximum Gasteiger partial charge on any atom is 0.416 e. The van der Waals surface area contributed by atoms with Gasteiger partial charge in [-0.25, -0.2) is 27.3 Å². The number of rotatable bonds is 12. The van der Waals surface area contributed by atoms with Crippen molar-refractivity contribution in [1.82, 2.24) is 14.5 Å². The third kappa shape index (κ3) is 8.36. The Kier molecular flexibility index (Phi) is 10.7. The van der Waals surface area contributed by atoms with Crippen LogP contribution < -0.4 is 26.7 Å². The van der Waals surface area contributed by atoms with Gasteiger partial charge in [0.2, 0.25) is 11.8 Å². The fourth-order valence-electron chi connectivity index (χ4n) is 4.65. The number of hydrogen-bond acceptors (Lipinski definition) is 7. The van der Waals surface area contributed by atoms with Crippen LogP contribution in [0.3, 0.4) is 0 Å². The molecule has 4 aromatic rings. The van der Waals surface area contributed by atoms with Gasteiger partial charge in [-0.05, 0) is 55.3 Å². The van der Waals surface area contributed by atoms with Crippen molar-refractivity contribution < 1.29 is 46.9 Å². The van der Waals surface area contributed by atoms with E-state index in [4.69, 9.17) is 10.5 Å². The van der Waals surface area contributed by atoms with Crippen LogP contribution in [0.15, 0.2) is 71.7 Å². The van der Waals surface area contributed by atoms with Crippen LogP contribution in [0, 0.1) is 17.5 Å². The van der Waals surface area contributed by atoms with Crippen LogP contribution >= 0.6 is 0 Å². The molecule has 0 spiro atoms. The summed E-state index contributed by atoms with van der Waals surface area (Å²) in [5.41, 5.74) is 3.95. The second-order valence-electron chi connectivity index (χ2n) is 10.0. The Morgan fingerprint density at radius 3 is 2.51 bits per heavy atom. The first-order valence-electron chi connectivity index (χ1n) is 13.8. The minimum Gasteiger partial charge on any atom is -0.486 e. The average Bonchev–Trinajstić information content (AvgIpc) is 3.37. The lowest BCUT2D eigenvalue weighted by Crippen LogP contribution is -2.44. The van der Waals surface area contributed by atoms with Gasteiger partial charge in [0.25, 0.3) is 5.56 Å². The smallest absolute Gasteiger partial charge is 0.416 e. The number of nitrogens with zero attached hydrogens (tertiary/aromatic N) is 2. The molecular formula is C31H28F3N5O8. The van der Waals surface area contributed by atoms with Gasteiger partial charge in [0.15, 0.2) is 0 Å². The summed E-state index contributed by atoms with van der Waals surface area (Å²) in [5, 5.41) is 15.0. The van der Waals surface area contributed by atoms with E-state index in [1.54, 1.807) is 0 Å². The molecule has 3 amide bonds. The third-order valence-corrected chi connectivity index (χ3v) is 6.80. The van der Waals surface area contributed by atoms with Crippen molar-refractivity contribution in [2.75, 3.05) is 12.4 Å². The number of pyridine rings is 1. The highest BCUT2D eigenvalue weighted by atomic mass is 19.1. The second kappa shape index (κ2) is 14.8. The number of allylic oxidation sites excluding steroid dienone is 1. The number of alkyl carbamates (subject to hydrolysis) is 1. The number of hydrogen-bond donors (Lipinski definition) is 4. The lowest BCUT2D eigenvalue weighted by atomic mass is 10.1. The first-order valence-corrected chi connectivity index (χ1v) is 13.8. The van der Waals surface area contributed by atoms with Crippen molar-refractivity contribution in [3.05, 3.63) is 106 Å². The first kappa shape index (κ1) is 33.8. The molecule has 2 aromatic heterocycles. The van der Waals surface area contributed by atoms with E-state index in [-0.39, 0.29) is 53.0 Å². The Balaban J connectivity index is 1.62. The molecule has 0 radical (unpaired) electrons. The highest BCUT2D eigenvalue weighted by Gasteiger charge is 2.23. The van der Waals surface area contributed by atoms with Crippen LogP contribution in [0.25, 0.3) is 10.9 Å². The van der Waals surface area contributed by atoms with Crippen molar-refractivity contribution in [2.24, 2.45) is 5.73 Å². The van der Waals surface area contributed by atoms with Crippen LogP contribution in [-0.2, 0) is 27.5 Å². The van der Waals surface area contributed by atoms with Crippen molar-refractivity contribution in [3.8, 4) is 5.75 Å². The standard InChI is InChI=1S/C31H28F3N5O8/c1-46-30(43)37-23(5-2-3-7-26(35)40)28(41)36-24-6-4-10-38(29(24)42)15-21-12-18-11-20(33)14-25(27(18)39(21)31(44)45)47-16-17-8-9-19(32)13-22(17)34/h3-4,6-14,23H,2,5,15-16H2,1H3,(H2,35,40)(H,36,41)(H,37,43)(H,44,45)/b7-3+/t23-/m0/s1. The number of fused-ring (bicyclic) bond motifs is 1. The van der Waals surface area contributed by atoms with E-state index >= 15 is 0 Å². The summed E-state index contributed by atoms with van der Waals surface area (Å²) < 4.78 is 54.0. The highest BCUT2D eigenvalue weighted by Crippen LogP contribution is 2.32. The molecule has 13 nitrogen and oxygen atoms in total. The SMILES string of the molecule is COC(=O)N[C@@H](CC/C=C/C(N)=O)C(=O)Nc1cccn(Cc2cc3cc(F)cc(OCc4ccc(F)cc4F)c3n2C(=O)O)c1=O. The molecule has 5 N–H and O–H groups in total. The van der Waals surface area contributed by atoms with Gasteiger partial charge >= 0.3 is 12.2 Å². The number of carbonyl (C=O) groups is 4. The van der Waals surface area contributed by atoms with Gasteiger partial charge < -0.3 is 35.5 Å². The van der Waals surface area contributed by atoms with Crippen LogP contribution in [-0.4, -0.2) is 51.4 Å². The highest BCUT2D eigenvalue weighted by molar-refractivity contribution is 5.96. The number of amides is 3. The minimum absolute atomic E-state index is 0.00737. The molecule has 0 aliphatic carbocycles. The summed E-state index contributed by atoms with van der Waals surface area (Å²) in [7, 11) is 1.10. The molecule has 0 bridgehead atoms. The molecule has 2 heterocycles. The van der Waals surface area contributed by atoms with Crippen LogP contribution in [0.5, 0.6) is 5.75 Å². The first-order chi connectivity index (χ1) is 22.4. The topological polar surface area (TPSA) is 184 Å². The Hall–Kier alpha value is -6.06. The van der Waals surface area contributed by atoms with E-state index in [0.717, 1.165) is 46.6 Å². The van der Waals surface area contributed by atoms with Crippen molar-refractivity contribution in [2.45, 2.75) is 32.0 Å². The number of methoxy groups -OCH3 is 1. The molecule has 47 heavy (non-hydrogen) atoms. The predicted molar refractivity (Wildman–Crippen MR) is 161 cm³/mol. The summed E-state index contributed by atoms with van der Waals surface area (Å²) in [5.74, 6) is -4.25. The lowest BCUT2D eigenvalue weighted by molar-refractivity contribution is -0.118. The summed E-state index contributed by atoms with van der Waals surface area (Å²) >= 11 is 0. The molecule has 16 heteroatoms. The van der Waals surface area contributed by atoms with Gasteiger partial charge in [0.1, 0.15) is 47.1 Å². The minimum atomic E-state index is -1.50. The number of benzene rings is 2. The molecule has 0 aliphatic rings. The summed E-state index contributed by atoms with van der Waals surface area (Å²) in [4.78, 5) is 61.5. The quantitative estimate of drug-likeness (QED) is 0.166.